The molecule has 2 aliphatic rings. The van der Waals surface area contributed by atoms with Crippen LogP contribution in [0.25, 0.3) is 0 Å². The smallest absolute Gasteiger partial charge is 0.0852 e. The van der Waals surface area contributed by atoms with Gasteiger partial charge in [-0.15, -0.1) is 0 Å². The number of ether oxygens (including phenoxy) is 2. The third kappa shape index (κ3) is 3.65. The highest BCUT2D eigenvalue weighted by Gasteiger charge is 2.28. The number of hydrogen-bond acceptors (Lipinski definition) is 4. The molecule has 0 amide bonds. The van der Waals surface area contributed by atoms with E-state index in [1.807, 2.05) is 0 Å². The lowest BCUT2D eigenvalue weighted by atomic mass is 10.1. The zero-order valence-corrected chi connectivity index (χ0v) is 11.2. The Hall–Kier alpha value is -0.160. The molecule has 0 bridgehead atoms. The zero-order chi connectivity index (χ0) is 12.1. The van der Waals surface area contributed by atoms with E-state index < -0.39 is 0 Å². The fraction of sp³-hybridized carbons (Fsp3) is 1.00. The molecule has 2 heterocycles. The second-order valence-corrected chi connectivity index (χ2v) is 5.08. The summed E-state index contributed by atoms with van der Waals surface area (Å²) < 4.78 is 11.6. The van der Waals surface area contributed by atoms with Crippen LogP contribution in [0.2, 0.25) is 0 Å². The van der Waals surface area contributed by atoms with Gasteiger partial charge in [0.15, 0.2) is 0 Å². The molecule has 0 aromatic heterocycles. The van der Waals surface area contributed by atoms with Crippen molar-refractivity contribution in [3.8, 4) is 0 Å². The first-order valence-electron chi connectivity index (χ1n) is 6.99. The lowest BCUT2D eigenvalue weighted by molar-refractivity contribution is -0.0364. The van der Waals surface area contributed by atoms with E-state index in [0.717, 1.165) is 39.4 Å². The molecular formula is C13H26N2O2. The maximum Gasteiger partial charge on any atom is 0.0852 e. The van der Waals surface area contributed by atoms with Crippen LogP contribution in [0.1, 0.15) is 26.7 Å². The summed E-state index contributed by atoms with van der Waals surface area (Å²) in [6.45, 7) is 10.4. The Morgan fingerprint density at radius 2 is 2.24 bits per heavy atom. The molecule has 100 valence electrons. The van der Waals surface area contributed by atoms with E-state index in [9.17, 15) is 0 Å². The van der Waals surface area contributed by atoms with Gasteiger partial charge >= 0.3 is 0 Å². The van der Waals surface area contributed by atoms with Crippen LogP contribution < -0.4 is 5.32 Å². The third-order valence-corrected chi connectivity index (χ3v) is 3.94. The van der Waals surface area contributed by atoms with Gasteiger partial charge in [-0.25, -0.2) is 0 Å². The minimum Gasteiger partial charge on any atom is -0.377 e. The van der Waals surface area contributed by atoms with Crippen molar-refractivity contribution in [1.82, 2.24) is 10.2 Å². The molecule has 2 fully saturated rings. The summed E-state index contributed by atoms with van der Waals surface area (Å²) in [5.74, 6) is 0. The van der Waals surface area contributed by atoms with Crippen molar-refractivity contribution in [2.75, 3.05) is 39.4 Å². The first kappa shape index (κ1) is 13.3. The number of nitrogens with zero attached hydrogens (tertiary/aromatic N) is 1. The first-order valence-corrected chi connectivity index (χ1v) is 6.99. The Morgan fingerprint density at radius 3 is 2.82 bits per heavy atom. The zero-order valence-electron chi connectivity index (χ0n) is 11.2. The van der Waals surface area contributed by atoms with Crippen molar-refractivity contribution in [2.24, 2.45) is 0 Å². The summed E-state index contributed by atoms with van der Waals surface area (Å²) in [6.07, 6.45) is 3.20. The third-order valence-electron chi connectivity index (χ3n) is 3.94. The molecule has 2 saturated heterocycles. The molecule has 0 saturated carbocycles. The molecule has 4 nitrogen and oxygen atoms in total. The molecular weight excluding hydrogens is 216 g/mol. The number of likely N-dealkylation sites (N-methyl/N-ethyl adjacent to an activating group) is 1. The van der Waals surface area contributed by atoms with Gasteiger partial charge < -0.3 is 14.8 Å². The average molecular weight is 242 g/mol. The molecule has 0 aromatic rings. The van der Waals surface area contributed by atoms with E-state index in [4.69, 9.17) is 9.47 Å². The van der Waals surface area contributed by atoms with Gasteiger partial charge in [0.25, 0.3) is 0 Å². The molecule has 0 aromatic carbocycles. The quantitative estimate of drug-likeness (QED) is 0.775. The highest BCUT2D eigenvalue weighted by molar-refractivity contribution is 4.82. The van der Waals surface area contributed by atoms with E-state index >= 15 is 0 Å². The first-order chi connectivity index (χ1) is 8.31. The largest absolute Gasteiger partial charge is 0.377 e. The number of morpholine rings is 1. The summed E-state index contributed by atoms with van der Waals surface area (Å²) in [4.78, 5) is 2.49. The number of hydrogen-bond donors (Lipinski definition) is 1. The summed E-state index contributed by atoms with van der Waals surface area (Å²) in [6, 6.07) is 0.469. The van der Waals surface area contributed by atoms with Crippen LogP contribution in [0.15, 0.2) is 0 Å². The monoisotopic (exact) mass is 242 g/mol. The highest BCUT2D eigenvalue weighted by Crippen LogP contribution is 2.17. The second kappa shape index (κ2) is 6.69. The van der Waals surface area contributed by atoms with Gasteiger partial charge in [-0.2, -0.15) is 0 Å². The maximum absolute atomic E-state index is 5.84. The molecule has 3 unspecified atom stereocenters. The van der Waals surface area contributed by atoms with Gasteiger partial charge in [-0.1, -0.05) is 6.92 Å². The van der Waals surface area contributed by atoms with Gasteiger partial charge in [0.2, 0.25) is 0 Å². The van der Waals surface area contributed by atoms with Crippen LogP contribution in [0.5, 0.6) is 0 Å². The Kier molecular flexibility index (Phi) is 5.22. The summed E-state index contributed by atoms with van der Waals surface area (Å²) >= 11 is 0. The average Bonchev–Trinajstić information content (AvgIpc) is 2.89. The molecule has 0 aliphatic carbocycles. The Bertz CT molecular complexity index is 213. The molecule has 2 aliphatic heterocycles. The predicted molar refractivity (Wildman–Crippen MR) is 68.3 cm³/mol. The fourth-order valence-electron chi connectivity index (χ4n) is 2.76. The maximum atomic E-state index is 5.84. The van der Waals surface area contributed by atoms with Gasteiger partial charge in [0.1, 0.15) is 0 Å². The molecule has 2 rings (SSSR count). The van der Waals surface area contributed by atoms with Gasteiger partial charge in [0, 0.05) is 32.3 Å². The minimum atomic E-state index is 0.324. The molecule has 3 atom stereocenters. The second-order valence-electron chi connectivity index (χ2n) is 5.08. The van der Waals surface area contributed by atoms with Crippen LogP contribution in [0, 0.1) is 0 Å². The molecule has 0 spiro atoms. The Morgan fingerprint density at radius 1 is 1.35 bits per heavy atom. The van der Waals surface area contributed by atoms with Crippen molar-refractivity contribution in [1.29, 1.82) is 0 Å². The summed E-state index contributed by atoms with van der Waals surface area (Å²) in [7, 11) is 0. The molecule has 0 radical (unpaired) electrons. The SMILES string of the molecule is CCN(CC1CCCO1)C(C)C1CNCCO1. The fourth-order valence-corrected chi connectivity index (χ4v) is 2.76. The van der Waals surface area contributed by atoms with Crippen molar-refractivity contribution < 1.29 is 9.47 Å². The number of nitrogens with one attached hydrogen (secondary N) is 1. The van der Waals surface area contributed by atoms with E-state index in [1.165, 1.54) is 12.8 Å². The lowest BCUT2D eigenvalue weighted by Gasteiger charge is -2.37. The lowest BCUT2D eigenvalue weighted by Crippen LogP contribution is -2.52. The van der Waals surface area contributed by atoms with E-state index in [2.05, 4.69) is 24.1 Å². The van der Waals surface area contributed by atoms with Gasteiger partial charge in [0.05, 0.1) is 18.8 Å². The van der Waals surface area contributed by atoms with E-state index in [-0.39, 0.29) is 0 Å². The van der Waals surface area contributed by atoms with Gasteiger partial charge in [-0.05, 0) is 26.3 Å². The van der Waals surface area contributed by atoms with Gasteiger partial charge in [-0.3, -0.25) is 4.90 Å². The number of rotatable bonds is 5. The van der Waals surface area contributed by atoms with Crippen LogP contribution in [-0.4, -0.2) is 62.5 Å². The van der Waals surface area contributed by atoms with Crippen LogP contribution in [-0.2, 0) is 9.47 Å². The van der Waals surface area contributed by atoms with Crippen LogP contribution >= 0.6 is 0 Å². The van der Waals surface area contributed by atoms with Crippen molar-refractivity contribution in [2.45, 2.75) is 44.9 Å². The molecule has 17 heavy (non-hydrogen) atoms. The van der Waals surface area contributed by atoms with Crippen LogP contribution in [0.3, 0.4) is 0 Å². The molecule has 4 heteroatoms. The van der Waals surface area contributed by atoms with Crippen LogP contribution in [0.4, 0.5) is 0 Å². The van der Waals surface area contributed by atoms with Crippen molar-refractivity contribution >= 4 is 0 Å². The highest BCUT2D eigenvalue weighted by atomic mass is 16.5. The Balaban J connectivity index is 1.82. The van der Waals surface area contributed by atoms with E-state index in [1.54, 1.807) is 0 Å². The summed E-state index contributed by atoms with van der Waals surface area (Å²) in [5.41, 5.74) is 0. The Labute approximate surface area is 105 Å². The minimum absolute atomic E-state index is 0.324. The summed E-state index contributed by atoms with van der Waals surface area (Å²) in [5, 5.41) is 3.41. The normalized spacial score (nSPS) is 31.9. The predicted octanol–water partition coefficient (Wildman–Crippen LogP) is 0.864. The standard InChI is InChI=1S/C13H26N2O2/c1-3-15(10-12-5-4-7-16-12)11(2)13-9-14-6-8-17-13/h11-14H,3-10H2,1-2H3. The van der Waals surface area contributed by atoms with Crippen molar-refractivity contribution in [3.63, 3.8) is 0 Å². The molecule has 1 N–H and O–H groups in total. The van der Waals surface area contributed by atoms with Crippen molar-refractivity contribution in [3.05, 3.63) is 0 Å². The topological polar surface area (TPSA) is 33.7 Å². The van der Waals surface area contributed by atoms with E-state index in [0.29, 0.717) is 18.2 Å².